The largest absolute Gasteiger partial charge is 0.446 e. The first-order chi connectivity index (χ1) is 12.7. The molecule has 2 aliphatic heterocycles. The number of amides is 2. The highest BCUT2D eigenvalue weighted by Gasteiger charge is 2.52. The number of carbonyl (C=O) groups excluding carboxylic acids is 2. The quantitative estimate of drug-likeness (QED) is 0.900. The molecule has 2 heterocycles. The molecule has 3 atom stereocenters. The predicted molar refractivity (Wildman–Crippen MR) is 98.4 cm³/mol. The lowest BCUT2D eigenvalue weighted by Crippen LogP contribution is -2.54. The van der Waals surface area contributed by atoms with Crippen LogP contribution >= 0.6 is 0 Å². The summed E-state index contributed by atoms with van der Waals surface area (Å²) in [6.45, 7) is 1.40. The Labute approximate surface area is 155 Å². The lowest BCUT2D eigenvalue weighted by molar-refractivity contribution is -0.138. The summed E-state index contributed by atoms with van der Waals surface area (Å²) in [6.07, 6.45) is 7.33. The van der Waals surface area contributed by atoms with Gasteiger partial charge in [0.15, 0.2) is 0 Å². The van der Waals surface area contributed by atoms with Crippen LogP contribution in [0.5, 0.6) is 0 Å². The van der Waals surface area contributed by atoms with Crippen LogP contribution in [0.15, 0.2) is 30.3 Å². The predicted octanol–water partition coefficient (Wildman–Crippen LogP) is 3.63. The summed E-state index contributed by atoms with van der Waals surface area (Å²) >= 11 is 0. The smallest absolute Gasteiger partial charge is 0.407 e. The van der Waals surface area contributed by atoms with E-state index >= 15 is 0 Å². The van der Waals surface area contributed by atoms with Gasteiger partial charge < -0.3 is 15.0 Å². The van der Waals surface area contributed by atoms with E-state index in [0.29, 0.717) is 24.8 Å². The number of alkyl carbamates (subject to hydrolysis) is 1. The first-order valence-corrected chi connectivity index (χ1v) is 9.96. The van der Waals surface area contributed by atoms with E-state index in [1.165, 1.54) is 0 Å². The van der Waals surface area contributed by atoms with E-state index in [4.69, 9.17) is 4.74 Å². The molecule has 3 aliphatic rings. The van der Waals surface area contributed by atoms with Crippen LogP contribution in [0.1, 0.15) is 56.9 Å². The molecular weight excluding hydrogens is 328 g/mol. The van der Waals surface area contributed by atoms with Crippen molar-refractivity contribution in [3.05, 3.63) is 35.9 Å². The van der Waals surface area contributed by atoms with Gasteiger partial charge in [-0.2, -0.15) is 0 Å². The average molecular weight is 356 g/mol. The van der Waals surface area contributed by atoms with E-state index in [1.54, 1.807) is 0 Å². The third kappa shape index (κ3) is 3.31. The van der Waals surface area contributed by atoms with E-state index in [1.807, 2.05) is 30.3 Å². The van der Waals surface area contributed by atoms with Crippen molar-refractivity contribution >= 4 is 12.0 Å². The average Bonchev–Trinajstić information content (AvgIpc) is 3.03. The molecule has 0 bridgehead atoms. The fraction of sp³-hybridized carbons (Fsp3) is 0.619. The second-order valence-electron chi connectivity index (χ2n) is 7.98. The van der Waals surface area contributed by atoms with Crippen molar-refractivity contribution in [2.75, 3.05) is 6.54 Å². The highest BCUT2D eigenvalue weighted by molar-refractivity contribution is 5.78. The third-order valence-corrected chi connectivity index (χ3v) is 6.53. The molecule has 5 nitrogen and oxygen atoms in total. The molecule has 0 unspecified atom stereocenters. The Morgan fingerprint density at radius 3 is 2.88 bits per heavy atom. The van der Waals surface area contributed by atoms with Gasteiger partial charge in [-0.1, -0.05) is 30.3 Å². The molecule has 4 rings (SSSR count). The number of carbonyl (C=O) groups is 2. The van der Waals surface area contributed by atoms with Gasteiger partial charge in [0, 0.05) is 25.0 Å². The molecule has 140 valence electrons. The van der Waals surface area contributed by atoms with Crippen molar-refractivity contribution < 1.29 is 14.3 Å². The van der Waals surface area contributed by atoms with Gasteiger partial charge in [-0.25, -0.2) is 4.79 Å². The standard InChI is InChI=1S/C21H28N2O3/c24-19-9-4-8-17-14-18(10-12-21(17)11-5-13-23(19)21)26-20(25)22-15-16-6-2-1-3-7-16/h1-3,6-7,17-18H,4-5,8-15H2,(H,22,25)/t17-,18+,21+/m0/s1. The van der Waals surface area contributed by atoms with Crippen LogP contribution in [0.3, 0.4) is 0 Å². The zero-order valence-corrected chi connectivity index (χ0v) is 15.3. The minimum Gasteiger partial charge on any atom is -0.446 e. The monoisotopic (exact) mass is 356 g/mol. The molecule has 2 saturated heterocycles. The number of rotatable bonds is 3. The van der Waals surface area contributed by atoms with Gasteiger partial charge in [-0.05, 0) is 56.4 Å². The molecule has 26 heavy (non-hydrogen) atoms. The number of ether oxygens (including phenoxy) is 1. The van der Waals surface area contributed by atoms with Crippen molar-refractivity contribution in [1.29, 1.82) is 0 Å². The van der Waals surface area contributed by atoms with Crippen LogP contribution < -0.4 is 5.32 Å². The molecule has 5 heteroatoms. The van der Waals surface area contributed by atoms with Gasteiger partial charge >= 0.3 is 6.09 Å². The summed E-state index contributed by atoms with van der Waals surface area (Å²) in [6, 6.07) is 9.86. The summed E-state index contributed by atoms with van der Waals surface area (Å²) in [7, 11) is 0. The molecule has 0 aromatic heterocycles. The lowest BCUT2D eigenvalue weighted by Gasteiger charge is -2.48. The van der Waals surface area contributed by atoms with Gasteiger partial charge in [-0.3, -0.25) is 4.79 Å². The van der Waals surface area contributed by atoms with E-state index in [-0.39, 0.29) is 17.7 Å². The first-order valence-electron chi connectivity index (χ1n) is 9.96. The van der Waals surface area contributed by atoms with Crippen LogP contribution in [0.4, 0.5) is 4.79 Å². The summed E-state index contributed by atoms with van der Waals surface area (Å²) in [5.41, 5.74) is 1.12. The number of nitrogens with one attached hydrogen (secondary N) is 1. The van der Waals surface area contributed by atoms with Gasteiger partial charge in [0.2, 0.25) is 5.91 Å². The van der Waals surface area contributed by atoms with Crippen molar-refractivity contribution in [3.8, 4) is 0 Å². The Bertz CT molecular complexity index is 662. The van der Waals surface area contributed by atoms with Gasteiger partial charge in [0.25, 0.3) is 0 Å². The molecule has 3 fully saturated rings. The maximum absolute atomic E-state index is 12.5. The molecule has 0 radical (unpaired) electrons. The van der Waals surface area contributed by atoms with Gasteiger partial charge in [0.05, 0.1) is 0 Å². The Balaban J connectivity index is 1.34. The van der Waals surface area contributed by atoms with Crippen LogP contribution in [-0.4, -0.2) is 35.1 Å². The zero-order chi connectivity index (χ0) is 18.0. The number of benzene rings is 1. The Hall–Kier alpha value is -2.04. The number of nitrogens with zero attached hydrogens (tertiary/aromatic N) is 1. The van der Waals surface area contributed by atoms with Crippen LogP contribution in [-0.2, 0) is 16.1 Å². The van der Waals surface area contributed by atoms with Crippen molar-refractivity contribution in [3.63, 3.8) is 0 Å². The van der Waals surface area contributed by atoms with E-state index in [0.717, 1.165) is 57.1 Å². The summed E-state index contributed by atoms with van der Waals surface area (Å²) in [5, 5.41) is 2.86. The second-order valence-corrected chi connectivity index (χ2v) is 7.98. The fourth-order valence-corrected chi connectivity index (χ4v) is 5.32. The Morgan fingerprint density at radius 1 is 1.19 bits per heavy atom. The summed E-state index contributed by atoms with van der Waals surface area (Å²) in [4.78, 5) is 26.8. The van der Waals surface area contributed by atoms with Crippen LogP contribution in [0, 0.1) is 5.92 Å². The van der Waals surface area contributed by atoms with Gasteiger partial charge in [0.1, 0.15) is 6.10 Å². The van der Waals surface area contributed by atoms with Crippen LogP contribution in [0.25, 0.3) is 0 Å². The molecule has 1 spiro atoms. The van der Waals surface area contributed by atoms with E-state index in [2.05, 4.69) is 10.2 Å². The molecule has 1 aliphatic carbocycles. The summed E-state index contributed by atoms with van der Waals surface area (Å²) < 4.78 is 5.72. The normalized spacial score (nSPS) is 30.9. The molecular formula is C21H28N2O3. The van der Waals surface area contributed by atoms with E-state index < -0.39 is 0 Å². The Kier molecular flexibility index (Phi) is 4.88. The summed E-state index contributed by atoms with van der Waals surface area (Å²) in [5.74, 6) is 0.807. The first kappa shape index (κ1) is 17.4. The second kappa shape index (κ2) is 7.29. The maximum Gasteiger partial charge on any atom is 0.407 e. The third-order valence-electron chi connectivity index (χ3n) is 6.53. The van der Waals surface area contributed by atoms with Crippen molar-refractivity contribution in [2.24, 2.45) is 5.92 Å². The van der Waals surface area contributed by atoms with Gasteiger partial charge in [-0.15, -0.1) is 0 Å². The van der Waals surface area contributed by atoms with Crippen molar-refractivity contribution in [1.82, 2.24) is 10.2 Å². The van der Waals surface area contributed by atoms with Crippen molar-refractivity contribution in [2.45, 2.75) is 69.6 Å². The minimum atomic E-state index is -0.331. The fourth-order valence-electron chi connectivity index (χ4n) is 5.32. The van der Waals surface area contributed by atoms with E-state index in [9.17, 15) is 9.59 Å². The topological polar surface area (TPSA) is 58.6 Å². The number of hydrogen-bond acceptors (Lipinski definition) is 3. The molecule has 2 amide bonds. The molecule has 1 saturated carbocycles. The zero-order valence-electron chi connectivity index (χ0n) is 15.3. The molecule has 1 aromatic carbocycles. The van der Waals surface area contributed by atoms with Crippen LogP contribution in [0.2, 0.25) is 0 Å². The Morgan fingerprint density at radius 2 is 2.04 bits per heavy atom. The highest BCUT2D eigenvalue weighted by atomic mass is 16.6. The number of hydrogen-bond donors (Lipinski definition) is 1. The highest BCUT2D eigenvalue weighted by Crippen LogP contribution is 2.49. The molecule has 1 aromatic rings. The maximum atomic E-state index is 12.5. The molecule has 1 N–H and O–H groups in total. The lowest BCUT2D eigenvalue weighted by atomic mass is 9.69. The minimum absolute atomic E-state index is 0.0305. The SMILES string of the molecule is O=C(NCc1ccccc1)O[C@@H]1CC[C@@]23CCCN2C(=O)CCC[C@H]3C1.